The minimum absolute atomic E-state index is 0.0655. The summed E-state index contributed by atoms with van der Waals surface area (Å²) < 4.78 is 1.22. The van der Waals surface area contributed by atoms with Gasteiger partial charge in [-0.15, -0.1) is 0 Å². The van der Waals surface area contributed by atoms with Gasteiger partial charge in [0.05, 0.1) is 10.2 Å². The van der Waals surface area contributed by atoms with Crippen molar-refractivity contribution < 1.29 is 4.79 Å². The van der Waals surface area contributed by atoms with Gasteiger partial charge in [-0.05, 0) is 56.9 Å². The van der Waals surface area contributed by atoms with Crippen molar-refractivity contribution in [3.05, 3.63) is 53.1 Å². The Kier molecular flexibility index (Phi) is 4.87. The molecular weight excluding hydrogens is 354 g/mol. The van der Waals surface area contributed by atoms with Gasteiger partial charge in [0, 0.05) is 24.7 Å². The molecule has 0 unspecified atom stereocenters. The average Bonchev–Trinajstić information content (AvgIpc) is 3.09. The van der Waals surface area contributed by atoms with Gasteiger partial charge in [-0.2, -0.15) is 0 Å². The highest BCUT2D eigenvalue weighted by Gasteiger charge is 2.27. The number of hydrogen-bond donors (Lipinski definition) is 1. The predicted octanol–water partition coefficient (Wildman–Crippen LogP) is 5.08. The van der Waals surface area contributed by atoms with Gasteiger partial charge in [0.2, 0.25) is 5.91 Å². The van der Waals surface area contributed by atoms with Crippen LogP contribution in [0.3, 0.4) is 0 Å². The number of aromatic nitrogens is 1. The molecule has 3 aromatic rings. The molecule has 2 aromatic carbocycles. The summed E-state index contributed by atoms with van der Waals surface area (Å²) in [4.78, 5) is 19.9. The monoisotopic (exact) mass is 379 g/mol. The molecular formula is C22H25N3OS. The number of aryl methyl sites for hydroxylation is 3. The Morgan fingerprint density at radius 2 is 1.78 bits per heavy atom. The standard InChI is InChI=1S/C22H25N3OS/c1-14-12-15(2)20(16(3)13-14)24-21(26)17-8-10-25(11-9-17)22-23-18-6-4-5-7-19(18)27-22/h4-7,12-13,17H,8-11H2,1-3H3,(H,24,26). The molecule has 1 fully saturated rings. The van der Waals surface area contributed by atoms with Crippen molar-refractivity contribution in [3.8, 4) is 0 Å². The van der Waals surface area contributed by atoms with Crippen molar-refractivity contribution in [1.29, 1.82) is 0 Å². The van der Waals surface area contributed by atoms with Crippen LogP contribution in [-0.2, 0) is 4.79 Å². The third-order valence-corrected chi connectivity index (χ3v) is 6.44. The Bertz CT molecular complexity index is 930. The molecule has 0 saturated carbocycles. The van der Waals surface area contributed by atoms with Gasteiger partial charge in [0.15, 0.2) is 5.13 Å². The molecule has 1 amide bonds. The summed E-state index contributed by atoms with van der Waals surface area (Å²) in [5.74, 6) is 0.213. The number of carbonyl (C=O) groups excluding carboxylic acids is 1. The summed E-state index contributed by atoms with van der Waals surface area (Å²) in [6.07, 6.45) is 1.73. The molecule has 4 nitrogen and oxygen atoms in total. The van der Waals surface area contributed by atoms with Crippen LogP contribution in [0.25, 0.3) is 10.2 Å². The molecule has 0 atom stereocenters. The van der Waals surface area contributed by atoms with E-state index in [4.69, 9.17) is 4.98 Å². The molecule has 1 aliphatic heterocycles. The lowest BCUT2D eigenvalue weighted by Crippen LogP contribution is -2.38. The number of fused-ring (bicyclic) bond motifs is 1. The van der Waals surface area contributed by atoms with Crippen LogP contribution in [0.4, 0.5) is 10.8 Å². The molecule has 1 saturated heterocycles. The minimum Gasteiger partial charge on any atom is -0.348 e. The molecule has 5 heteroatoms. The Morgan fingerprint density at radius 3 is 2.44 bits per heavy atom. The number of para-hydroxylation sites is 1. The number of carbonyl (C=O) groups is 1. The molecule has 4 rings (SSSR count). The summed E-state index contributed by atoms with van der Waals surface area (Å²) in [5, 5.41) is 4.25. The van der Waals surface area contributed by atoms with E-state index in [2.05, 4.69) is 61.3 Å². The molecule has 0 spiro atoms. The Hall–Kier alpha value is -2.40. The van der Waals surface area contributed by atoms with Crippen LogP contribution in [0.1, 0.15) is 29.5 Å². The van der Waals surface area contributed by atoms with Gasteiger partial charge >= 0.3 is 0 Å². The van der Waals surface area contributed by atoms with E-state index in [9.17, 15) is 4.79 Å². The molecule has 2 heterocycles. The average molecular weight is 380 g/mol. The van der Waals surface area contributed by atoms with Gasteiger partial charge in [0.1, 0.15) is 0 Å². The lowest BCUT2D eigenvalue weighted by Gasteiger charge is -2.31. The third kappa shape index (κ3) is 3.69. The maximum absolute atomic E-state index is 12.8. The highest BCUT2D eigenvalue weighted by molar-refractivity contribution is 7.22. The zero-order chi connectivity index (χ0) is 19.0. The second-order valence-electron chi connectivity index (χ2n) is 7.49. The van der Waals surface area contributed by atoms with Crippen molar-refractivity contribution >= 4 is 38.3 Å². The van der Waals surface area contributed by atoms with Crippen LogP contribution >= 0.6 is 11.3 Å². The quantitative estimate of drug-likeness (QED) is 0.690. The maximum Gasteiger partial charge on any atom is 0.227 e. The van der Waals surface area contributed by atoms with E-state index in [1.165, 1.54) is 10.3 Å². The normalized spacial score (nSPS) is 15.3. The number of thiazole rings is 1. The van der Waals surface area contributed by atoms with Gasteiger partial charge < -0.3 is 10.2 Å². The zero-order valence-corrected chi connectivity index (χ0v) is 16.9. The number of nitrogens with zero attached hydrogens (tertiary/aromatic N) is 2. The number of hydrogen-bond acceptors (Lipinski definition) is 4. The molecule has 0 bridgehead atoms. The number of piperidine rings is 1. The van der Waals surface area contributed by atoms with Crippen LogP contribution in [0.15, 0.2) is 36.4 Å². The minimum atomic E-state index is 0.0655. The largest absolute Gasteiger partial charge is 0.348 e. The Labute approximate surface area is 164 Å². The van der Waals surface area contributed by atoms with Gasteiger partial charge in [-0.1, -0.05) is 41.2 Å². The predicted molar refractivity (Wildman–Crippen MR) is 114 cm³/mol. The van der Waals surface area contributed by atoms with Crippen molar-refractivity contribution in [2.75, 3.05) is 23.3 Å². The van der Waals surface area contributed by atoms with Crippen LogP contribution in [0, 0.1) is 26.7 Å². The van der Waals surface area contributed by atoms with Crippen LogP contribution < -0.4 is 10.2 Å². The van der Waals surface area contributed by atoms with E-state index < -0.39 is 0 Å². The summed E-state index contributed by atoms with van der Waals surface area (Å²) in [6.45, 7) is 7.97. The molecule has 0 radical (unpaired) electrons. The van der Waals surface area contributed by atoms with Crippen molar-refractivity contribution in [2.24, 2.45) is 5.92 Å². The molecule has 1 N–H and O–H groups in total. The highest BCUT2D eigenvalue weighted by Crippen LogP contribution is 2.32. The topological polar surface area (TPSA) is 45.2 Å². The van der Waals surface area contributed by atoms with Crippen molar-refractivity contribution in [1.82, 2.24) is 4.98 Å². The second kappa shape index (κ2) is 7.31. The van der Waals surface area contributed by atoms with Crippen LogP contribution in [0.5, 0.6) is 0 Å². The second-order valence-corrected chi connectivity index (χ2v) is 8.50. The van der Waals surface area contributed by atoms with Gasteiger partial charge in [-0.25, -0.2) is 4.98 Å². The van der Waals surface area contributed by atoms with Crippen molar-refractivity contribution in [3.63, 3.8) is 0 Å². The summed E-state index contributed by atoms with van der Waals surface area (Å²) >= 11 is 1.74. The molecule has 0 aliphatic carbocycles. The lowest BCUT2D eigenvalue weighted by molar-refractivity contribution is -0.120. The smallest absolute Gasteiger partial charge is 0.227 e. The molecule has 1 aromatic heterocycles. The lowest BCUT2D eigenvalue weighted by atomic mass is 9.95. The van der Waals surface area contributed by atoms with Crippen molar-refractivity contribution in [2.45, 2.75) is 33.6 Å². The number of anilines is 2. The van der Waals surface area contributed by atoms with E-state index >= 15 is 0 Å². The molecule has 1 aliphatic rings. The fraction of sp³-hybridized carbons (Fsp3) is 0.364. The van der Waals surface area contributed by atoms with Crippen LogP contribution in [0.2, 0.25) is 0 Å². The highest BCUT2D eigenvalue weighted by atomic mass is 32.1. The van der Waals surface area contributed by atoms with E-state index in [0.717, 1.165) is 53.4 Å². The SMILES string of the molecule is Cc1cc(C)c(NC(=O)C2CCN(c3nc4ccccc4s3)CC2)c(C)c1. The first-order chi connectivity index (χ1) is 13.0. The van der Waals surface area contributed by atoms with Crippen LogP contribution in [-0.4, -0.2) is 24.0 Å². The number of amides is 1. The Balaban J connectivity index is 1.41. The molecule has 27 heavy (non-hydrogen) atoms. The third-order valence-electron chi connectivity index (χ3n) is 5.34. The zero-order valence-electron chi connectivity index (χ0n) is 16.1. The summed E-state index contributed by atoms with van der Waals surface area (Å²) in [5.41, 5.74) is 5.52. The number of benzene rings is 2. The van der Waals surface area contributed by atoms with E-state index in [0.29, 0.717) is 0 Å². The van der Waals surface area contributed by atoms with Gasteiger partial charge in [0.25, 0.3) is 0 Å². The first-order valence-electron chi connectivity index (χ1n) is 9.50. The maximum atomic E-state index is 12.8. The first-order valence-corrected chi connectivity index (χ1v) is 10.3. The van der Waals surface area contributed by atoms with E-state index in [-0.39, 0.29) is 11.8 Å². The van der Waals surface area contributed by atoms with E-state index in [1.54, 1.807) is 11.3 Å². The number of nitrogens with one attached hydrogen (secondary N) is 1. The molecule has 140 valence electrons. The fourth-order valence-corrected chi connectivity index (χ4v) is 4.95. The summed E-state index contributed by atoms with van der Waals surface area (Å²) in [7, 11) is 0. The fourth-order valence-electron chi connectivity index (χ4n) is 3.93. The number of rotatable bonds is 3. The van der Waals surface area contributed by atoms with E-state index in [1.807, 2.05) is 6.07 Å². The summed E-state index contributed by atoms with van der Waals surface area (Å²) in [6, 6.07) is 12.5. The van der Waals surface area contributed by atoms with Gasteiger partial charge in [-0.3, -0.25) is 4.79 Å². The first kappa shape index (κ1) is 18.0. The Morgan fingerprint density at radius 1 is 1.11 bits per heavy atom.